The number of rotatable bonds is 5. The van der Waals surface area contributed by atoms with Gasteiger partial charge in [-0.25, -0.2) is 4.79 Å². The predicted molar refractivity (Wildman–Crippen MR) is 83.9 cm³/mol. The lowest BCUT2D eigenvalue weighted by Gasteiger charge is -2.06. The van der Waals surface area contributed by atoms with E-state index < -0.39 is 5.97 Å². The summed E-state index contributed by atoms with van der Waals surface area (Å²) in [4.78, 5) is 23.5. The van der Waals surface area contributed by atoms with E-state index in [9.17, 15) is 9.59 Å². The lowest BCUT2D eigenvalue weighted by molar-refractivity contribution is -0.118. The van der Waals surface area contributed by atoms with Gasteiger partial charge in [0.2, 0.25) is 0 Å². The van der Waals surface area contributed by atoms with Gasteiger partial charge in [0, 0.05) is 4.47 Å². The van der Waals surface area contributed by atoms with Gasteiger partial charge in [-0.05, 0) is 30.3 Å². The normalized spacial score (nSPS) is 10.0. The minimum atomic E-state index is -0.425. The van der Waals surface area contributed by atoms with E-state index in [1.54, 1.807) is 24.3 Å². The molecule has 1 heterocycles. The summed E-state index contributed by atoms with van der Waals surface area (Å²) in [6.07, 6.45) is 0. The van der Waals surface area contributed by atoms with E-state index in [1.807, 2.05) is 12.1 Å². The highest BCUT2D eigenvalue weighted by molar-refractivity contribution is 9.10. The minimum Gasteiger partial charge on any atom is -0.484 e. The van der Waals surface area contributed by atoms with Crippen molar-refractivity contribution in [1.82, 2.24) is 0 Å². The van der Waals surface area contributed by atoms with Crippen LogP contribution in [0.25, 0.3) is 0 Å². The molecule has 110 valence electrons. The van der Waals surface area contributed by atoms with E-state index in [0.29, 0.717) is 15.6 Å². The molecular weight excluding hydrogens is 358 g/mol. The molecule has 1 amide bonds. The standard InChI is InChI=1S/C14H12BrNO4S/c1-19-14(18)11-5-6-13(21-11)16-12(17)8-20-10-4-2-3-9(15)7-10/h2-7H,8H2,1H3,(H,16,17). The fourth-order valence-corrected chi connectivity index (χ4v) is 2.71. The number of carbonyl (C=O) groups excluding carboxylic acids is 2. The Labute approximate surface area is 134 Å². The van der Waals surface area contributed by atoms with Gasteiger partial charge >= 0.3 is 5.97 Å². The number of hydrogen-bond donors (Lipinski definition) is 1. The molecule has 0 fully saturated rings. The van der Waals surface area contributed by atoms with Crippen molar-refractivity contribution >= 4 is 44.1 Å². The lowest BCUT2D eigenvalue weighted by Crippen LogP contribution is -2.19. The Balaban J connectivity index is 1.87. The first-order valence-electron chi connectivity index (χ1n) is 5.95. The van der Waals surface area contributed by atoms with E-state index in [2.05, 4.69) is 26.0 Å². The number of anilines is 1. The summed E-state index contributed by atoms with van der Waals surface area (Å²) in [5.41, 5.74) is 0. The summed E-state index contributed by atoms with van der Waals surface area (Å²) in [7, 11) is 1.31. The van der Waals surface area contributed by atoms with Gasteiger partial charge in [-0.1, -0.05) is 22.0 Å². The highest BCUT2D eigenvalue weighted by atomic mass is 79.9. The van der Waals surface area contributed by atoms with Crippen LogP contribution >= 0.6 is 27.3 Å². The van der Waals surface area contributed by atoms with Crippen LogP contribution in [0.3, 0.4) is 0 Å². The van der Waals surface area contributed by atoms with Crippen LogP contribution in [0.2, 0.25) is 0 Å². The summed E-state index contributed by atoms with van der Waals surface area (Å²) in [6, 6.07) is 10.5. The fourth-order valence-electron chi connectivity index (χ4n) is 1.49. The Morgan fingerprint density at radius 1 is 1.29 bits per heavy atom. The first-order valence-corrected chi connectivity index (χ1v) is 7.56. The number of nitrogens with one attached hydrogen (secondary N) is 1. The quantitative estimate of drug-likeness (QED) is 0.821. The molecular formula is C14H12BrNO4S. The van der Waals surface area contributed by atoms with Gasteiger partial charge in [-0.15, -0.1) is 11.3 Å². The van der Waals surface area contributed by atoms with Gasteiger partial charge in [0.05, 0.1) is 12.1 Å². The molecule has 5 nitrogen and oxygen atoms in total. The highest BCUT2D eigenvalue weighted by Gasteiger charge is 2.11. The number of esters is 1. The van der Waals surface area contributed by atoms with Crippen LogP contribution in [-0.2, 0) is 9.53 Å². The number of ether oxygens (including phenoxy) is 2. The van der Waals surface area contributed by atoms with Crippen molar-refractivity contribution < 1.29 is 19.1 Å². The average molecular weight is 370 g/mol. The SMILES string of the molecule is COC(=O)c1ccc(NC(=O)COc2cccc(Br)c2)s1. The van der Waals surface area contributed by atoms with Crippen molar-refractivity contribution in [3.8, 4) is 5.75 Å². The Bertz CT molecular complexity index is 656. The predicted octanol–water partition coefficient (Wildman–Crippen LogP) is 3.31. The van der Waals surface area contributed by atoms with Gasteiger partial charge in [0.1, 0.15) is 10.6 Å². The molecule has 2 rings (SSSR count). The summed E-state index contributed by atoms with van der Waals surface area (Å²) in [6.45, 7) is -0.109. The molecule has 0 bridgehead atoms. The van der Waals surface area contributed by atoms with E-state index in [1.165, 1.54) is 7.11 Å². The second kappa shape index (κ2) is 7.24. The third-order valence-corrected chi connectivity index (χ3v) is 3.90. The van der Waals surface area contributed by atoms with Crippen molar-refractivity contribution in [2.45, 2.75) is 0 Å². The van der Waals surface area contributed by atoms with Gasteiger partial charge in [-0.2, -0.15) is 0 Å². The molecule has 0 aliphatic carbocycles. The van der Waals surface area contributed by atoms with E-state index in [0.717, 1.165) is 15.8 Å². The third kappa shape index (κ3) is 4.57. The highest BCUT2D eigenvalue weighted by Crippen LogP contribution is 2.22. The molecule has 0 aliphatic heterocycles. The van der Waals surface area contributed by atoms with Crippen molar-refractivity contribution in [2.24, 2.45) is 0 Å². The second-order valence-corrected chi connectivity index (χ2v) is 5.95. The van der Waals surface area contributed by atoms with Crippen LogP contribution in [0, 0.1) is 0 Å². The number of thiophene rings is 1. The Morgan fingerprint density at radius 3 is 2.81 bits per heavy atom. The molecule has 0 radical (unpaired) electrons. The van der Waals surface area contributed by atoms with Gasteiger partial charge in [0.25, 0.3) is 5.91 Å². The van der Waals surface area contributed by atoms with Crippen LogP contribution < -0.4 is 10.1 Å². The molecule has 0 spiro atoms. The summed E-state index contributed by atoms with van der Waals surface area (Å²) < 4.78 is 10.8. The number of amides is 1. The van der Waals surface area contributed by atoms with E-state index in [4.69, 9.17) is 4.74 Å². The Morgan fingerprint density at radius 2 is 2.10 bits per heavy atom. The van der Waals surface area contributed by atoms with E-state index >= 15 is 0 Å². The van der Waals surface area contributed by atoms with Gasteiger partial charge < -0.3 is 14.8 Å². The molecule has 21 heavy (non-hydrogen) atoms. The van der Waals surface area contributed by atoms with Crippen LogP contribution in [0.4, 0.5) is 5.00 Å². The second-order valence-electron chi connectivity index (χ2n) is 3.95. The number of hydrogen-bond acceptors (Lipinski definition) is 5. The van der Waals surface area contributed by atoms with E-state index in [-0.39, 0.29) is 12.5 Å². The number of benzene rings is 1. The van der Waals surface area contributed by atoms with Crippen molar-refractivity contribution in [2.75, 3.05) is 19.0 Å². The summed E-state index contributed by atoms with van der Waals surface area (Å²) in [5.74, 6) is -0.125. The molecule has 0 unspecified atom stereocenters. The molecule has 1 aromatic heterocycles. The maximum absolute atomic E-state index is 11.8. The maximum Gasteiger partial charge on any atom is 0.348 e. The molecule has 0 atom stereocenters. The first-order chi connectivity index (χ1) is 10.1. The lowest BCUT2D eigenvalue weighted by atomic mass is 10.3. The van der Waals surface area contributed by atoms with Crippen LogP contribution in [-0.4, -0.2) is 25.6 Å². The summed E-state index contributed by atoms with van der Waals surface area (Å²) in [5, 5.41) is 3.23. The molecule has 0 saturated carbocycles. The largest absolute Gasteiger partial charge is 0.484 e. The van der Waals surface area contributed by atoms with Gasteiger partial charge in [0.15, 0.2) is 6.61 Å². The van der Waals surface area contributed by atoms with Crippen molar-refractivity contribution in [3.63, 3.8) is 0 Å². The molecule has 0 aliphatic rings. The fraction of sp³-hybridized carbons (Fsp3) is 0.143. The van der Waals surface area contributed by atoms with Crippen LogP contribution in [0.15, 0.2) is 40.9 Å². The Kier molecular flexibility index (Phi) is 5.35. The molecule has 1 aromatic carbocycles. The smallest absolute Gasteiger partial charge is 0.348 e. The molecule has 7 heteroatoms. The van der Waals surface area contributed by atoms with Gasteiger partial charge in [-0.3, -0.25) is 4.79 Å². The minimum absolute atomic E-state index is 0.109. The summed E-state index contributed by atoms with van der Waals surface area (Å²) >= 11 is 4.47. The zero-order valence-corrected chi connectivity index (χ0v) is 13.5. The number of carbonyl (C=O) groups is 2. The molecule has 2 aromatic rings. The zero-order chi connectivity index (χ0) is 15.2. The van der Waals surface area contributed by atoms with Crippen molar-refractivity contribution in [3.05, 3.63) is 45.7 Å². The number of halogens is 1. The third-order valence-electron chi connectivity index (χ3n) is 2.42. The van der Waals surface area contributed by atoms with Crippen LogP contribution in [0.1, 0.15) is 9.67 Å². The Hall–Kier alpha value is -1.86. The van der Waals surface area contributed by atoms with Crippen molar-refractivity contribution in [1.29, 1.82) is 0 Å². The maximum atomic E-state index is 11.8. The molecule has 1 N–H and O–H groups in total. The zero-order valence-electron chi connectivity index (χ0n) is 11.1. The average Bonchev–Trinajstić information content (AvgIpc) is 2.93. The first kappa shape index (κ1) is 15.5. The van der Waals surface area contributed by atoms with Crippen LogP contribution in [0.5, 0.6) is 5.75 Å². The molecule has 0 saturated heterocycles. The monoisotopic (exact) mass is 369 g/mol. The topological polar surface area (TPSA) is 64.6 Å². The number of methoxy groups -OCH3 is 1.